The summed E-state index contributed by atoms with van der Waals surface area (Å²) in [7, 11) is 0. The van der Waals surface area contributed by atoms with Crippen molar-refractivity contribution in [2.45, 2.75) is 25.9 Å². The van der Waals surface area contributed by atoms with Gasteiger partial charge in [0.15, 0.2) is 0 Å². The van der Waals surface area contributed by atoms with Crippen molar-refractivity contribution in [1.29, 1.82) is 0 Å². The molecule has 0 saturated carbocycles. The fourth-order valence-electron chi connectivity index (χ4n) is 1.86. The Hall–Kier alpha value is 1.15. The zero-order valence-electron chi connectivity index (χ0n) is 10.6. The molecule has 1 fully saturated rings. The molecule has 0 N–H and O–H groups in total. The van der Waals surface area contributed by atoms with Crippen molar-refractivity contribution in [3.05, 3.63) is 12.1 Å². The molecule has 0 atom stereocenters. The van der Waals surface area contributed by atoms with Gasteiger partial charge in [-0.1, -0.05) is 0 Å². The average molecular weight is 275 g/mol. The van der Waals surface area contributed by atoms with Crippen molar-refractivity contribution in [1.82, 2.24) is 4.90 Å². The molecule has 94 valence electrons. The van der Waals surface area contributed by atoms with E-state index < -0.39 is 12.4 Å². The van der Waals surface area contributed by atoms with Crippen molar-refractivity contribution in [3.63, 3.8) is 0 Å². The van der Waals surface area contributed by atoms with Crippen LogP contribution in [0.4, 0.5) is 12.9 Å². The van der Waals surface area contributed by atoms with Crippen LogP contribution in [-0.2, 0) is 4.74 Å². The normalized spacial score (nSPS) is 18.8. The van der Waals surface area contributed by atoms with E-state index in [-0.39, 0.29) is 64.0 Å². The Morgan fingerprint density at radius 2 is 1.88 bits per heavy atom. The van der Waals surface area contributed by atoms with E-state index in [1.807, 2.05) is 6.92 Å². The van der Waals surface area contributed by atoms with Crippen LogP contribution < -0.4 is 51.4 Å². The minimum absolute atomic E-state index is 0. The van der Waals surface area contributed by atoms with Gasteiger partial charge in [0, 0.05) is 19.7 Å². The minimum Gasteiger partial charge on any atom is -0.445 e. The zero-order chi connectivity index (χ0) is 12.2. The Labute approximate surface area is 143 Å². The summed E-state index contributed by atoms with van der Waals surface area (Å²) >= 11 is 0. The first-order valence-electron chi connectivity index (χ1n) is 5.65. The van der Waals surface area contributed by atoms with E-state index in [0.29, 0.717) is 19.7 Å². The molecule has 0 amide bonds. The molecule has 0 bridgehead atoms. The third-order valence-electron chi connectivity index (χ3n) is 2.83. The SMILES string of the molecule is C=C(CN1CCC(OCC)CC1)[B-](F)(F)F.[K+]. The summed E-state index contributed by atoms with van der Waals surface area (Å²) in [6.45, 7) is 2.09. The number of hydrogen-bond donors (Lipinski definition) is 0. The van der Waals surface area contributed by atoms with Gasteiger partial charge >= 0.3 is 58.4 Å². The molecule has 0 aliphatic carbocycles. The van der Waals surface area contributed by atoms with Crippen LogP contribution in [0.3, 0.4) is 0 Å². The van der Waals surface area contributed by atoms with Crippen molar-refractivity contribution in [3.8, 4) is 0 Å². The quantitative estimate of drug-likeness (QED) is 0.623. The van der Waals surface area contributed by atoms with Gasteiger partial charge < -0.3 is 22.6 Å². The number of ether oxygens (including phenoxy) is 1. The van der Waals surface area contributed by atoms with Crippen LogP contribution in [0, 0.1) is 0 Å². The predicted octanol–water partition coefficient (Wildman–Crippen LogP) is -0.566. The smallest absolute Gasteiger partial charge is 0.445 e. The maximum Gasteiger partial charge on any atom is 1.00 e. The Morgan fingerprint density at radius 1 is 1.35 bits per heavy atom. The second-order valence-electron chi connectivity index (χ2n) is 4.16. The second kappa shape index (κ2) is 8.35. The van der Waals surface area contributed by atoms with Crippen LogP contribution in [0.2, 0.25) is 0 Å². The first kappa shape index (κ1) is 18.2. The first-order valence-corrected chi connectivity index (χ1v) is 5.65. The van der Waals surface area contributed by atoms with Crippen molar-refractivity contribution in [2.75, 3.05) is 26.2 Å². The third kappa shape index (κ3) is 6.75. The van der Waals surface area contributed by atoms with E-state index in [4.69, 9.17) is 4.74 Å². The Bertz CT molecular complexity index is 242. The molecule has 1 aliphatic rings. The molecule has 0 aromatic carbocycles. The van der Waals surface area contributed by atoms with Crippen LogP contribution >= 0.6 is 0 Å². The van der Waals surface area contributed by atoms with Gasteiger partial charge in [-0.3, -0.25) is 0 Å². The van der Waals surface area contributed by atoms with Gasteiger partial charge in [0.1, 0.15) is 0 Å². The first-order chi connectivity index (χ1) is 7.43. The molecule has 1 saturated heterocycles. The fraction of sp³-hybridized carbons (Fsp3) is 0.800. The number of piperidine rings is 1. The van der Waals surface area contributed by atoms with E-state index in [1.165, 1.54) is 0 Å². The molecule has 2 nitrogen and oxygen atoms in total. The standard InChI is InChI=1S/C10H18BF3NO.K/c1-3-16-10-4-6-15(7-5-10)8-9(2)11(12,13)14;/h10H,2-8H2,1H3;/q-1;+1. The molecule has 17 heavy (non-hydrogen) atoms. The van der Waals surface area contributed by atoms with Crippen molar-refractivity contribution in [2.24, 2.45) is 0 Å². The minimum atomic E-state index is -4.89. The number of rotatable bonds is 5. The number of likely N-dealkylation sites (tertiary alicyclic amines) is 1. The van der Waals surface area contributed by atoms with Crippen LogP contribution in [0.15, 0.2) is 12.1 Å². The van der Waals surface area contributed by atoms with Crippen LogP contribution in [-0.4, -0.2) is 44.2 Å². The molecule has 0 spiro atoms. The molecule has 0 aromatic rings. The maximum absolute atomic E-state index is 12.3. The molecule has 0 unspecified atom stereocenters. The second-order valence-corrected chi connectivity index (χ2v) is 4.16. The molecule has 7 heteroatoms. The number of nitrogens with zero attached hydrogens (tertiary/aromatic N) is 1. The molecular weight excluding hydrogens is 257 g/mol. The molecule has 1 rings (SSSR count). The van der Waals surface area contributed by atoms with Gasteiger partial charge in [0.05, 0.1) is 6.10 Å². The Balaban J connectivity index is 0.00000256. The van der Waals surface area contributed by atoms with Crippen LogP contribution in [0.1, 0.15) is 19.8 Å². The van der Waals surface area contributed by atoms with Gasteiger partial charge in [-0.25, -0.2) is 0 Å². The molecular formula is C10H18BF3KNO. The number of hydrogen-bond acceptors (Lipinski definition) is 2. The van der Waals surface area contributed by atoms with Gasteiger partial charge in [0.2, 0.25) is 0 Å². The molecule has 0 radical (unpaired) electrons. The monoisotopic (exact) mass is 275 g/mol. The Kier molecular flexibility index (Phi) is 8.91. The summed E-state index contributed by atoms with van der Waals surface area (Å²) in [6.07, 6.45) is 1.84. The van der Waals surface area contributed by atoms with Crippen molar-refractivity contribution >= 4 is 6.98 Å². The van der Waals surface area contributed by atoms with Gasteiger partial charge in [-0.15, -0.1) is 12.1 Å². The summed E-state index contributed by atoms with van der Waals surface area (Å²) in [5.74, 6) is 0. The van der Waals surface area contributed by atoms with E-state index in [1.54, 1.807) is 4.90 Å². The van der Waals surface area contributed by atoms with E-state index in [9.17, 15) is 12.9 Å². The summed E-state index contributed by atoms with van der Waals surface area (Å²) in [5.41, 5.74) is -0.602. The fourth-order valence-corrected chi connectivity index (χ4v) is 1.86. The summed E-state index contributed by atoms with van der Waals surface area (Å²) in [5, 5.41) is 0. The van der Waals surface area contributed by atoms with E-state index in [0.717, 1.165) is 12.8 Å². The van der Waals surface area contributed by atoms with Crippen LogP contribution in [0.25, 0.3) is 0 Å². The largest absolute Gasteiger partial charge is 1.00 e. The topological polar surface area (TPSA) is 12.5 Å². The average Bonchev–Trinajstić information content (AvgIpc) is 2.20. The molecule has 1 aliphatic heterocycles. The molecule has 1 heterocycles. The summed E-state index contributed by atoms with van der Waals surface area (Å²) in [6, 6.07) is 0. The summed E-state index contributed by atoms with van der Waals surface area (Å²) in [4.78, 5) is 1.80. The zero-order valence-corrected chi connectivity index (χ0v) is 13.7. The van der Waals surface area contributed by atoms with E-state index in [2.05, 4.69) is 6.58 Å². The van der Waals surface area contributed by atoms with E-state index >= 15 is 0 Å². The Morgan fingerprint density at radius 3 is 2.29 bits per heavy atom. The molecule has 0 aromatic heterocycles. The summed E-state index contributed by atoms with van der Waals surface area (Å²) < 4.78 is 42.4. The number of halogens is 3. The van der Waals surface area contributed by atoms with Gasteiger partial charge in [-0.05, 0) is 26.3 Å². The van der Waals surface area contributed by atoms with Crippen molar-refractivity contribution < 1.29 is 69.1 Å². The van der Waals surface area contributed by atoms with Gasteiger partial charge in [-0.2, -0.15) is 0 Å². The van der Waals surface area contributed by atoms with Gasteiger partial charge in [0.25, 0.3) is 0 Å². The predicted molar refractivity (Wildman–Crippen MR) is 59.3 cm³/mol. The van der Waals surface area contributed by atoms with Crippen LogP contribution in [0.5, 0.6) is 0 Å². The third-order valence-corrected chi connectivity index (χ3v) is 2.83. The maximum atomic E-state index is 12.3.